The molecule has 1 aromatic rings. The summed E-state index contributed by atoms with van der Waals surface area (Å²) < 4.78 is 0. The Kier molecular flexibility index (Phi) is 4.56. The predicted octanol–water partition coefficient (Wildman–Crippen LogP) is 1.21. The molecule has 0 spiro atoms. The number of hydrogen-bond donors (Lipinski definition) is 2. The van der Waals surface area contributed by atoms with E-state index in [1.54, 1.807) is 6.07 Å². The Labute approximate surface area is 96.0 Å². The first kappa shape index (κ1) is 12.3. The van der Waals surface area contributed by atoms with Crippen LogP contribution in [0.25, 0.3) is 0 Å². The van der Waals surface area contributed by atoms with E-state index in [-0.39, 0.29) is 5.91 Å². The molecule has 0 aromatic heterocycles. The van der Waals surface area contributed by atoms with Crippen LogP contribution in [0.1, 0.15) is 28.4 Å². The van der Waals surface area contributed by atoms with Crippen LogP contribution in [0.2, 0.25) is 0 Å². The summed E-state index contributed by atoms with van der Waals surface area (Å²) in [5.41, 5.74) is 7.97. The second-order valence-electron chi connectivity index (χ2n) is 3.54. The third kappa shape index (κ3) is 3.41. The first-order valence-electron chi connectivity index (χ1n) is 5.15. The van der Waals surface area contributed by atoms with Crippen molar-refractivity contribution in [3.63, 3.8) is 0 Å². The lowest BCUT2D eigenvalue weighted by Crippen LogP contribution is -2.15. The minimum absolute atomic E-state index is 0.389. The number of rotatable bonds is 4. The Bertz CT molecular complexity index is 441. The number of primary amides is 1. The standard InChI is InChI=1S/C13H16N2O/c1-3-4-7-15-9-12-6-5-11(13(14)16)8-10(12)2/h5-6,8,15H,7,9H2,1-2H3,(H2,14,16). The van der Waals surface area contributed by atoms with Gasteiger partial charge in [0, 0.05) is 12.1 Å². The summed E-state index contributed by atoms with van der Waals surface area (Å²) in [5, 5.41) is 3.20. The number of benzene rings is 1. The third-order valence-corrected chi connectivity index (χ3v) is 2.33. The molecule has 0 radical (unpaired) electrons. The lowest BCUT2D eigenvalue weighted by Gasteiger charge is -2.07. The summed E-state index contributed by atoms with van der Waals surface area (Å²) in [7, 11) is 0. The topological polar surface area (TPSA) is 55.1 Å². The molecule has 16 heavy (non-hydrogen) atoms. The number of aryl methyl sites for hydroxylation is 1. The molecular weight excluding hydrogens is 200 g/mol. The van der Waals surface area contributed by atoms with E-state index in [4.69, 9.17) is 5.73 Å². The van der Waals surface area contributed by atoms with Crippen LogP contribution in [0.3, 0.4) is 0 Å². The van der Waals surface area contributed by atoms with Crippen molar-refractivity contribution >= 4 is 5.91 Å². The molecule has 0 aliphatic rings. The van der Waals surface area contributed by atoms with Gasteiger partial charge in [0.2, 0.25) is 5.91 Å². The lowest BCUT2D eigenvalue weighted by atomic mass is 10.0. The van der Waals surface area contributed by atoms with Gasteiger partial charge in [-0.3, -0.25) is 4.79 Å². The Balaban J connectivity index is 2.67. The summed E-state index contributed by atoms with van der Waals surface area (Å²) in [6.07, 6.45) is 0. The second kappa shape index (κ2) is 5.94. The van der Waals surface area contributed by atoms with Crippen LogP contribution in [-0.2, 0) is 6.54 Å². The SMILES string of the molecule is CC#CCNCc1ccc(C(N)=O)cc1C. The number of carbonyl (C=O) groups is 1. The smallest absolute Gasteiger partial charge is 0.248 e. The van der Waals surface area contributed by atoms with Gasteiger partial charge in [-0.05, 0) is 37.1 Å². The van der Waals surface area contributed by atoms with Gasteiger partial charge in [0.25, 0.3) is 0 Å². The largest absolute Gasteiger partial charge is 0.366 e. The van der Waals surface area contributed by atoms with Gasteiger partial charge in [0.15, 0.2) is 0 Å². The van der Waals surface area contributed by atoms with Crippen molar-refractivity contribution in [3.8, 4) is 11.8 Å². The van der Waals surface area contributed by atoms with Crippen molar-refractivity contribution < 1.29 is 4.79 Å². The van der Waals surface area contributed by atoms with Crippen LogP contribution >= 0.6 is 0 Å². The highest BCUT2D eigenvalue weighted by Crippen LogP contribution is 2.10. The van der Waals surface area contributed by atoms with Gasteiger partial charge < -0.3 is 11.1 Å². The molecule has 0 saturated heterocycles. The average Bonchev–Trinajstić information content (AvgIpc) is 2.26. The van der Waals surface area contributed by atoms with Crippen molar-refractivity contribution in [1.82, 2.24) is 5.32 Å². The van der Waals surface area contributed by atoms with E-state index in [0.717, 1.165) is 17.7 Å². The highest BCUT2D eigenvalue weighted by atomic mass is 16.1. The quantitative estimate of drug-likeness (QED) is 0.587. The third-order valence-electron chi connectivity index (χ3n) is 2.33. The first-order valence-corrected chi connectivity index (χ1v) is 5.15. The molecule has 0 atom stereocenters. The van der Waals surface area contributed by atoms with Crippen LogP contribution in [0.5, 0.6) is 0 Å². The summed E-state index contributed by atoms with van der Waals surface area (Å²) >= 11 is 0. The highest BCUT2D eigenvalue weighted by Gasteiger charge is 2.03. The Morgan fingerprint density at radius 3 is 2.81 bits per heavy atom. The van der Waals surface area contributed by atoms with Crippen LogP contribution in [0, 0.1) is 18.8 Å². The summed E-state index contributed by atoms with van der Waals surface area (Å²) in [6.45, 7) is 5.20. The van der Waals surface area contributed by atoms with Gasteiger partial charge >= 0.3 is 0 Å². The average molecular weight is 216 g/mol. The molecule has 0 saturated carbocycles. The zero-order valence-electron chi connectivity index (χ0n) is 9.63. The maximum absolute atomic E-state index is 11.0. The molecule has 0 aliphatic heterocycles. The zero-order valence-corrected chi connectivity index (χ0v) is 9.63. The van der Waals surface area contributed by atoms with Crippen molar-refractivity contribution in [2.75, 3.05) is 6.54 Å². The minimum Gasteiger partial charge on any atom is -0.366 e. The Morgan fingerprint density at radius 2 is 2.25 bits per heavy atom. The van der Waals surface area contributed by atoms with Gasteiger partial charge in [0.05, 0.1) is 6.54 Å². The molecule has 1 amide bonds. The molecule has 0 heterocycles. The van der Waals surface area contributed by atoms with E-state index in [0.29, 0.717) is 12.1 Å². The van der Waals surface area contributed by atoms with Crippen molar-refractivity contribution in [2.24, 2.45) is 5.73 Å². The van der Waals surface area contributed by atoms with Crippen LogP contribution in [0.4, 0.5) is 0 Å². The molecule has 0 bridgehead atoms. The molecule has 1 rings (SSSR count). The fraction of sp³-hybridized carbons (Fsp3) is 0.308. The minimum atomic E-state index is -0.389. The van der Waals surface area contributed by atoms with Gasteiger partial charge in [-0.15, -0.1) is 5.92 Å². The van der Waals surface area contributed by atoms with Crippen molar-refractivity contribution in [1.29, 1.82) is 0 Å². The summed E-state index contributed by atoms with van der Waals surface area (Å²) in [6, 6.07) is 5.48. The molecule has 3 heteroatoms. The normalized spacial score (nSPS) is 9.38. The molecule has 84 valence electrons. The maximum Gasteiger partial charge on any atom is 0.248 e. The van der Waals surface area contributed by atoms with E-state index < -0.39 is 0 Å². The van der Waals surface area contributed by atoms with E-state index >= 15 is 0 Å². The number of nitrogens with one attached hydrogen (secondary N) is 1. The zero-order chi connectivity index (χ0) is 12.0. The molecule has 0 aliphatic carbocycles. The maximum atomic E-state index is 11.0. The van der Waals surface area contributed by atoms with E-state index in [1.165, 1.54) is 0 Å². The molecule has 3 N–H and O–H groups in total. The highest BCUT2D eigenvalue weighted by molar-refractivity contribution is 5.93. The predicted molar refractivity (Wildman–Crippen MR) is 64.9 cm³/mol. The van der Waals surface area contributed by atoms with E-state index in [2.05, 4.69) is 17.2 Å². The molecule has 0 unspecified atom stereocenters. The summed E-state index contributed by atoms with van der Waals surface area (Å²) in [5.74, 6) is 5.36. The molecule has 3 nitrogen and oxygen atoms in total. The Hall–Kier alpha value is -1.79. The van der Waals surface area contributed by atoms with E-state index in [1.807, 2.05) is 26.0 Å². The van der Waals surface area contributed by atoms with Gasteiger partial charge in [-0.1, -0.05) is 12.0 Å². The lowest BCUT2D eigenvalue weighted by molar-refractivity contribution is 0.1000. The first-order chi connectivity index (χ1) is 7.65. The summed E-state index contributed by atoms with van der Waals surface area (Å²) in [4.78, 5) is 11.0. The number of nitrogens with two attached hydrogens (primary N) is 1. The number of amides is 1. The van der Waals surface area contributed by atoms with Crippen LogP contribution < -0.4 is 11.1 Å². The molecular formula is C13H16N2O. The van der Waals surface area contributed by atoms with E-state index in [9.17, 15) is 4.79 Å². The number of carbonyl (C=O) groups excluding carboxylic acids is 1. The fourth-order valence-electron chi connectivity index (χ4n) is 1.40. The molecule has 0 fully saturated rings. The fourth-order valence-corrected chi connectivity index (χ4v) is 1.40. The Morgan fingerprint density at radius 1 is 1.50 bits per heavy atom. The molecule has 1 aromatic carbocycles. The van der Waals surface area contributed by atoms with Crippen molar-refractivity contribution in [3.05, 3.63) is 34.9 Å². The van der Waals surface area contributed by atoms with Gasteiger partial charge in [-0.25, -0.2) is 0 Å². The number of hydrogen-bond acceptors (Lipinski definition) is 2. The second-order valence-corrected chi connectivity index (χ2v) is 3.54. The van der Waals surface area contributed by atoms with Gasteiger partial charge in [-0.2, -0.15) is 0 Å². The van der Waals surface area contributed by atoms with Crippen LogP contribution in [0.15, 0.2) is 18.2 Å². The van der Waals surface area contributed by atoms with Gasteiger partial charge in [0.1, 0.15) is 0 Å². The van der Waals surface area contributed by atoms with Crippen molar-refractivity contribution in [2.45, 2.75) is 20.4 Å². The van der Waals surface area contributed by atoms with Crippen LogP contribution in [-0.4, -0.2) is 12.5 Å². The monoisotopic (exact) mass is 216 g/mol.